The van der Waals surface area contributed by atoms with E-state index in [0.29, 0.717) is 23.2 Å². The molecule has 1 aromatic rings. The predicted octanol–water partition coefficient (Wildman–Crippen LogP) is 1.98. The zero-order chi connectivity index (χ0) is 12.1. The van der Waals surface area contributed by atoms with E-state index in [-0.39, 0.29) is 12.5 Å². The highest BCUT2D eigenvalue weighted by molar-refractivity contribution is 9.10. The number of halogens is 1. The van der Waals surface area contributed by atoms with Crippen molar-refractivity contribution in [3.63, 3.8) is 0 Å². The van der Waals surface area contributed by atoms with Crippen LogP contribution in [-0.4, -0.2) is 35.0 Å². The average Bonchev–Trinajstić information content (AvgIpc) is 2.62. The monoisotopic (exact) mass is 289 g/mol. The lowest BCUT2D eigenvalue weighted by atomic mass is 10.2. The second kappa shape index (κ2) is 5.69. The maximum absolute atomic E-state index is 11.9. The third-order valence-corrected chi connectivity index (χ3v) is 2.34. The molecule has 16 heavy (non-hydrogen) atoms. The van der Waals surface area contributed by atoms with Gasteiger partial charge in [-0.2, -0.15) is 0 Å². The second-order valence-corrected chi connectivity index (χ2v) is 4.04. The number of nitrogens with zero attached hydrogens (tertiary/aromatic N) is 1. The van der Waals surface area contributed by atoms with E-state index in [9.17, 15) is 9.59 Å². The number of hydrogen-bond acceptors (Lipinski definition) is 3. The first-order chi connectivity index (χ1) is 7.54. The zero-order valence-electron chi connectivity index (χ0n) is 8.77. The molecule has 1 rings (SSSR count). The van der Waals surface area contributed by atoms with Gasteiger partial charge in [0.1, 0.15) is 12.8 Å². The molecule has 0 radical (unpaired) electrons. The molecule has 6 heteroatoms. The van der Waals surface area contributed by atoms with Crippen LogP contribution in [-0.2, 0) is 4.79 Å². The van der Waals surface area contributed by atoms with Crippen LogP contribution in [0.25, 0.3) is 0 Å². The van der Waals surface area contributed by atoms with Crippen molar-refractivity contribution in [3.05, 3.63) is 22.6 Å². The molecule has 0 saturated carbocycles. The van der Waals surface area contributed by atoms with Gasteiger partial charge in [0.2, 0.25) is 0 Å². The Morgan fingerprint density at radius 1 is 1.56 bits per heavy atom. The molecule has 0 fully saturated rings. The number of carbonyl (C=O) groups is 2. The van der Waals surface area contributed by atoms with Crippen LogP contribution >= 0.6 is 15.9 Å². The van der Waals surface area contributed by atoms with Crippen LogP contribution in [0.15, 0.2) is 21.4 Å². The Morgan fingerprint density at radius 3 is 2.69 bits per heavy atom. The van der Waals surface area contributed by atoms with E-state index in [1.54, 1.807) is 0 Å². The Balaban J connectivity index is 2.78. The number of rotatable bonds is 5. The van der Waals surface area contributed by atoms with Crippen LogP contribution in [0.5, 0.6) is 0 Å². The minimum absolute atomic E-state index is 0.296. The van der Waals surface area contributed by atoms with Crippen molar-refractivity contribution < 1.29 is 19.1 Å². The highest BCUT2D eigenvalue weighted by Crippen LogP contribution is 2.15. The van der Waals surface area contributed by atoms with E-state index in [1.807, 2.05) is 6.92 Å². The summed E-state index contributed by atoms with van der Waals surface area (Å²) in [7, 11) is 0. The molecule has 0 aliphatic carbocycles. The normalized spacial score (nSPS) is 10.1. The summed E-state index contributed by atoms with van der Waals surface area (Å²) in [4.78, 5) is 23.7. The van der Waals surface area contributed by atoms with E-state index in [1.165, 1.54) is 17.2 Å². The third-order valence-electron chi connectivity index (χ3n) is 1.92. The predicted molar refractivity (Wildman–Crippen MR) is 60.2 cm³/mol. The number of carboxylic acids is 1. The lowest BCUT2D eigenvalue weighted by Gasteiger charge is -2.18. The molecule has 1 heterocycles. The largest absolute Gasteiger partial charge is 0.480 e. The van der Waals surface area contributed by atoms with Crippen LogP contribution < -0.4 is 0 Å². The molecule has 1 aromatic heterocycles. The molecule has 0 unspecified atom stereocenters. The lowest BCUT2D eigenvalue weighted by molar-refractivity contribution is -0.137. The third kappa shape index (κ3) is 3.37. The summed E-state index contributed by atoms with van der Waals surface area (Å²) >= 11 is 3.09. The molecule has 0 atom stereocenters. The van der Waals surface area contributed by atoms with E-state index in [2.05, 4.69) is 15.9 Å². The number of aliphatic carboxylic acids is 1. The zero-order valence-corrected chi connectivity index (χ0v) is 10.4. The molecule has 1 N–H and O–H groups in total. The quantitative estimate of drug-likeness (QED) is 0.900. The summed E-state index contributed by atoms with van der Waals surface area (Å²) in [6, 6.07) is 1.52. The molecule has 0 aromatic carbocycles. The molecule has 0 aliphatic rings. The van der Waals surface area contributed by atoms with Crippen molar-refractivity contribution >= 4 is 27.8 Å². The minimum Gasteiger partial charge on any atom is -0.480 e. The van der Waals surface area contributed by atoms with E-state index >= 15 is 0 Å². The number of carbonyl (C=O) groups excluding carboxylic acids is 1. The maximum atomic E-state index is 11.9. The molecule has 1 amide bonds. The topological polar surface area (TPSA) is 70.8 Å². The molecule has 0 aliphatic heterocycles. The minimum atomic E-state index is -1.02. The summed E-state index contributed by atoms with van der Waals surface area (Å²) in [6.45, 7) is 2.00. The van der Waals surface area contributed by atoms with Crippen LogP contribution in [0, 0.1) is 0 Å². The summed E-state index contributed by atoms with van der Waals surface area (Å²) in [5.41, 5.74) is 0.349. The SMILES string of the molecule is CCCN(CC(=O)O)C(=O)c1coc(Br)c1. The number of carboxylic acid groups (broad SMARTS) is 1. The van der Waals surface area contributed by atoms with Gasteiger partial charge in [0.05, 0.1) is 5.56 Å². The Hall–Kier alpha value is -1.30. The Morgan fingerprint density at radius 2 is 2.25 bits per heavy atom. The van der Waals surface area contributed by atoms with Gasteiger partial charge < -0.3 is 14.4 Å². The lowest BCUT2D eigenvalue weighted by Crippen LogP contribution is -2.36. The first-order valence-electron chi connectivity index (χ1n) is 4.79. The molecule has 0 saturated heterocycles. The molecule has 88 valence electrons. The molecule has 5 nitrogen and oxygen atoms in total. The van der Waals surface area contributed by atoms with E-state index in [0.717, 1.165) is 0 Å². The summed E-state index contributed by atoms with van der Waals surface area (Å²) in [5.74, 6) is -1.36. The first kappa shape index (κ1) is 12.8. The van der Waals surface area contributed by atoms with Crippen molar-refractivity contribution in [2.75, 3.05) is 13.1 Å². The van der Waals surface area contributed by atoms with E-state index in [4.69, 9.17) is 9.52 Å². The van der Waals surface area contributed by atoms with Gasteiger partial charge in [0.25, 0.3) is 5.91 Å². The second-order valence-electron chi connectivity index (χ2n) is 3.26. The number of furan rings is 1. The smallest absolute Gasteiger partial charge is 0.323 e. The van der Waals surface area contributed by atoms with Crippen molar-refractivity contribution in [1.82, 2.24) is 4.90 Å². The van der Waals surface area contributed by atoms with Gasteiger partial charge in [0.15, 0.2) is 4.67 Å². The summed E-state index contributed by atoms with van der Waals surface area (Å²) in [6.07, 6.45) is 2.01. The van der Waals surface area contributed by atoms with Crippen LogP contribution in [0.4, 0.5) is 0 Å². The van der Waals surface area contributed by atoms with Crippen LogP contribution in [0.3, 0.4) is 0 Å². The van der Waals surface area contributed by atoms with Gasteiger partial charge in [-0.05, 0) is 22.4 Å². The fourth-order valence-electron chi connectivity index (χ4n) is 1.29. The Labute approximate surface area is 101 Å². The standard InChI is InChI=1S/C10H12BrNO4/c1-2-3-12(5-9(13)14)10(15)7-4-8(11)16-6-7/h4,6H,2-3,5H2,1H3,(H,13,14). The molecular weight excluding hydrogens is 278 g/mol. The fourth-order valence-corrected chi connectivity index (χ4v) is 1.63. The number of amides is 1. The van der Waals surface area contributed by atoms with Gasteiger partial charge in [-0.15, -0.1) is 0 Å². The number of hydrogen-bond donors (Lipinski definition) is 1. The first-order valence-corrected chi connectivity index (χ1v) is 5.59. The van der Waals surface area contributed by atoms with Gasteiger partial charge in [0, 0.05) is 12.6 Å². The maximum Gasteiger partial charge on any atom is 0.323 e. The van der Waals surface area contributed by atoms with Gasteiger partial charge in [-0.25, -0.2) is 0 Å². The van der Waals surface area contributed by atoms with Gasteiger partial charge in [-0.1, -0.05) is 6.92 Å². The van der Waals surface area contributed by atoms with Crippen LogP contribution in [0.1, 0.15) is 23.7 Å². The molecule has 0 spiro atoms. The summed E-state index contributed by atoms with van der Waals surface area (Å²) < 4.78 is 5.39. The van der Waals surface area contributed by atoms with Gasteiger partial charge in [-0.3, -0.25) is 9.59 Å². The summed E-state index contributed by atoms with van der Waals surface area (Å²) in [5, 5.41) is 8.68. The fraction of sp³-hybridized carbons (Fsp3) is 0.400. The van der Waals surface area contributed by atoms with Crippen molar-refractivity contribution in [1.29, 1.82) is 0 Å². The highest BCUT2D eigenvalue weighted by atomic mass is 79.9. The van der Waals surface area contributed by atoms with Gasteiger partial charge >= 0.3 is 5.97 Å². The Kier molecular flexibility index (Phi) is 4.54. The molecular formula is C10H12BrNO4. The van der Waals surface area contributed by atoms with Crippen LogP contribution in [0.2, 0.25) is 0 Å². The average molecular weight is 290 g/mol. The Bertz CT molecular complexity index is 388. The van der Waals surface area contributed by atoms with E-state index < -0.39 is 5.97 Å². The van der Waals surface area contributed by atoms with Crippen molar-refractivity contribution in [2.45, 2.75) is 13.3 Å². The van der Waals surface area contributed by atoms with Crippen molar-refractivity contribution in [2.24, 2.45) is 0 Å². The van der Waals surface area contributed by atoms with Crippen molar-refractivity contribution in [3.8, 4) is 0 Å². The molecule has 0 bridgehead atoms. The highest BCUT2D eigenvalue weighted by Gasteiger charge is 2.19.